The van der Waals surface area contributed by atoms with Gasteiger partial charge in [-0.15, -0.1) is 0 Å². The Kier molecular flexibility index (Phi) is 8.08. The van der Waals surface area contributed by atoms with Gasteiger partial charge in [-0.05, 0) is 6.42 Å². The van der Waals surface area contributed by atoms with Gasteiger partial charge in [0, 0.05) is 33.3 Å². The quantitative estimate of drug-likeness (QED) is 0.514. The summed E-state index contributed by atoms with van der Waals surface area (Å²) in [4.78, 5) is 11.5. The maximum absolute atomic E-state index is 11.5. The van der Waals surface area contributed by atoms with Crippen LogP contribution in [0.5, 0.6) is 0 Å². The van der Waals surface area contributed by atoms with Gasteiger partial charge in [-0.1, -0.05) is 6.92 Å². The van der Waals surface area contributed by atoms with Gasteiger partial charge >= 0.3 is 0 Å². The maximum Gasteiger partial charge on any atom is 0.250 e. The van der Waals surface area contributed by atoms with Crippen LogP contribution in [0.1, 0.15) is 13.3 Å². The molecule has 0 saturated carbocycles. The molecule has 0 fully saturated rings. The van der Waals surface area contributed by atoms with Crippen molar-refractivity contribution in [1.29, 1.82) is 0 Å². The number of nitrogens with two attached hydrogens (primary N) is 1. The Labute approximate surface area is 109 Å². The number of nitrogens with one attached hydrogen (secondary N) is 1. The van der Waals surface area contributed by atoms with Crippen molar-refractivity contribution in [2.75, 3.05) is 39.5 Å². The number of rotatable bonds is 9. The summed E-state index contributed by atoms with van der Waals surface area (Å²) >= 11 is 0. The van der Waals surface area contributed by atoms with Gasteiger partial charge in [0.15, 0.2) is 0 Å². The predicted octanol–water partition coefficient (Wildman–Crippen LogP) is -1.25. The lowest BCUT2D eigenvalue weighted by atomic mass is 10.3. The summed E-state index contributed by atoms with van der Waals surface area (Å²) < 4.78 is 28.8. The summed E-state index contributed by atoms with van der Waals surface area (Å²) in [5.41, 5.74) is 5.34. The molecule has 0 aliphatic rings. The fourth-order valence-corrected chi connectivity index (χ4v) is 2.38. The summed E-state index contributed by atoms with van der Waals surface area (Å²) in [6.07, 6.45) is 1.07. The predicted molar refractivity (Wildman–Crippen MR) is 69.6 cm³/mol. The molecule has 0 aromatic carbocycles. The fraction of sp³-hybridized carbons (Fsp3) is 0.900. The van der Waals surface area contributed by atoms with Crippen LogP contribution in [-0.2, 0) is 19.6 Å². The van der Waals surface area contributed by atoms with Crippen molar-refractivity contribution >= 4 is 15.9 Å². The van der Waals surface area contributed by atoms with Crippen LogP contribution < -0.4 is 11.1 Å². The molecule has 1 atom stereocenters. The molecule has 1 unspecified atom stereocenters. The van der Waals surface area contributed by atoms with Gasteiger partial charge in [-0.25, -0.2) is 12.7 Å². The van der Waals surface area contributed by atoms with Crippen LogP contribution in [0.3, 0.4) is 0 Å². The lowest BCUT2D eigenvalue weighted by molar-refractivity contribution is -0.130. The minimum atomic E-state index is -3.17. The number of carbonyl (C=O) groups excluding carboxylic acids is 1. The average molecular weight is 281 g/mol. The molecule has 0 saturated heterocycles. The summed E-state index contributed by atoms with van der Waals surface area (Å²) in [6, 6.07) is 0. The summed E-state index contributed by atoms with van der Waals surface area (Å²) in [5.74, 6) is -0.276. The van der Waals surface area contributed by atoms with E-state index in [9.17, 15) is 13.2 Å². The minimum Gasteiger partial charge on any atom is -0.370 e. The van der Waals surface area contributed by atoms with E-state index < -0.39 is 16.1 Å². The van der Waals surface area contributed by atoms with Crippen LogP contribution in [0.15, 0.2) is 0 Å². The average Bonchev–Trinajstić information content (AvgIpc) is 2.28. The van der Waals surface area contributed by atoms with E-state index in [0.717, 1.165) is 0 Å². The molecular weight excluding hydrogens is 258 g/mol. The number of methoxy groups -OCH3 is 1. The number of hydrogen-bond donors (Lipinski definition) is 2. The molecule has 0 spiro atoms. The Bertz CT molecular complexity index is 341. The molecule has 0 rings (SSSR count). The van der Waals surface area contributed by atoms with Gasteiger partial charge in [-0.2, -0.15) is 0 Å². The zero-order valence-corrected chi connectivity index (χ0v) is 12.0. The molecule has 0 aliphatic carbocycles. The van der Waals surface area contributed by atoms with Crippen molar-refractivity contribution in [2.45, 2.75) is 19.4 Å². The molecule has 0 aromatic heterocycles. The van der Waals surface area contributed by atoms with Gasteiger partial charge < -0.3 is 15.8 Å². The van der Waals surface area contributed by atoms with E-state index in [1.54, 1.807) is 6.92 Å². The van der Waals surface area contributed by atoms with Crippen molar-refractivity contribution < 1.29 is 17.9 Å². The van der Waals surface area contributed by atoms with Crippen LogP contribution in [0.2, 0.25) is 0 Å². The van der Waals surface area contributed by atoms with E-state index in [4.69, 9.17) is 10.5 Å². The van der Waals surface area contributed by atoms with Gasteiger partial charge in [0.05, 0.1) is 6.26 Å². The normalized spacial score (nSPS) is 13.6. The van der Waals surface area contributed by atoms with Gasteiger partial charge in [0.2, 0.25) is 15.9 Å². The van der Waals surface area contributed by atoms with Crippen LogP contribution in [-0.4, -0.2) is 64.3 Å². The summed E-state index contributed by atoms with van der Waals surface area (Å²) in [6.45, 7) is 3.10. The largest absolute Gasteiger partial charge is 0.370 e. The minimum absolute atomic E-state index is 0.118. The Morgan fingerprint density at radius 3 is 2.50 bits per heavy atom. The molecule has 0 radical (unpaired) electrons. The number of amides is 1. The van der Waals surface area contributed by atoms with Crippen LogP contribution in [0.25, 0.3) is 0 Å². The molecule has 8 heteroatoms. The van der Waals surface area contributed by atoms with Crippen molar-refractivity contribution in [2.24, 2.45) is 5.73 Å². The molecule has 108 valence electrons. The van der Waals surface area contributed by atoms with E-state index in [2.05, 4.69) is 5.32 Å². The molecule has 0 aliphatic heterocycles. The Balaban J connectivity index is 3.96. The molecule has 0 heterocycles. The van der Waals surface area contributed by atoms with Crippen molar-refractivity contribution in [1.82, 2.24) is 9.62 Å². The fourth-order valence-electron chi connectivity index (χ4n) is 1.45. The summed E-state index contributed by atoms with van der Waals surface area (Å²) in [5, 5.41) is 2.65. The van der Waals surface area contributed by atoms with Crippen molar-refractivity contribution in [3.05, 3.63) is 0 Å². The molecule has 18 heavy (non-hydrogen) atoms. The molecule has 0 aromatic rings. The number of sulfonamides is 1. The smallest absolute Gasteiger partial charge is 0.250 e. The van der Waals surface area contributed by atoms with E-state index in [1.807, 2.05) is 0 Å². The highest BCUT2D eigenvalue weighted by Crippen LogP contribution is 1.98. The second-order valence-corrected chi connectivity index (χ2v) is 5.84. The second-order valence-electron chi connectivity index (χ2n) is 3.86. The van der Waals surface area contributed by atoms with Crippen LogP contribution in [0, 0.1) is 0 Å². The topological polar surface area (TPSA) is 102 Å². The molecule has 7 nitrogen and oxygen atoms in total. The first-order chi connectivity index (χ1) is 8.36. The SMILES string of the molecule is CCN(CCCNC(=O)C(CN)OC)S(C)(=O)=O. The first-order valence-electron chi connectivity index (χ1n) is 5.82. The first-order valence-corrected chi connectivity index (χ1v) is 7.67. The highest BCUT2D eigenvalue weighted by Gasteiger charge is 2.16. The van der Waals surface area contributed by atoms with Gasteiger partial charge in [-0.3, -0.25) is 4.79 Å². The molecule has 1 amide bonds. The second kappa shape index (κ2) is 8.41. The lowest BCUT2D eigenvalue weighted by Gasteiger charge is -2.18. The highest BCUT2D eigenvalue weighted by atomic mass is 32.2. The highest BCUT2D eigenvalue weighted by molar-refractivity contribution is 7.88. The van der Waals surface area contributed by atoms with E-state index in [0.29, 0.717) is 26.1 Å². The third-order valence-electron chi connectivity index (χ3n) is 2.50. The number of hydrogen-bond acceptors (Lipinski definition) is 5. The third kappa shape index (κ3) is 6.29. The zero-order valence-electron chi connectivity index (χ0n) is 11.2. The Morgan fingerprint density at radius 1 is 1.50 bits per heavy atom. The van der Waals surface area contributed by atoms with Crippen LogP contribution in [0.4, 0.5) is 0 Å². The third-order valence-corrected chi connectivity index (χ3v) is 3.88. The standard InChI is InChI=1S/C10H23N3O4S/c1-4-13(18(3,15)16)7-5-6-12-10(14)9(8-11)17-2/h9H,4-8,11H2,1-3H3,(H,12,14). The zero-order chi connectivity index (χ0) is 14.2. The Hall–Kier alpha value is -0.700. The van der Waals surface area contributed by atoms with Crippen LogP contribution >= 0.6 is 0 Å². The van der Waals surface area contributed by atoms with E-state index >= 15 is 0 Å². The Morgan fingerprint density at radius 2 is 2.11 bits per heavy atom. The summed E-state index contributed by atoms with van der Waals surface area (Å²) in [7, 11) is -1.75. The number of carbonyl (C=O) groups is 1. The first kappa shape index (κ1) is 17.3. The molecule has 3 N–H and O–H groups in total. The van der Waals surface area contributed by atoms with E-state index in [1.165, 1.54) is 17.7 Å². The van der Waals surface area contributed by atoms with Crippen molar-refractivity contribution in [3.63, 3.8) is 0 Å². The monoisotopic (exact) mass is 281 g/mol. The number of ether oxygens (including phenoxy) is 1. The maximum atomic E-state index is 11.5. The molecule has 0 bridgehead atoms. The van der Waals surface area contributed by atoms with Gasteiger partial charge in [0.1, 0.15) is 6.10 Å². The van der Waals surface area contributed by atoms with E-state index in [-0.39, 0.29) is 12.5 Å². The van der Waals surface area contributed by atoms with Crippen molar-refractivity contribution in [3.8, 4) is 0 Å². The number of nitrogens with zero attached hydrogens (tertiary/aromatic N) is 1. The van der Waals surface area contributed by atoms with Gasteiger partial charge in [0.25, 0.3) is 0 Å². The molecular formula is C10H23N3O4S. The lowest BCUT2D eigenvalue weighted by Crippen LogP contribution is -2.41.